The maximum Gasteiger partial charge on any atom is 0.195 e. The zero-order valence-electron chi connectivity index (χ0n) is 15.8. The van der Waals surface area contributed by atoms with Gasteiger partial charge >= 0.3 is 0 Å². The molecule has 25 heavy (non-hydrogen) atoms. The van der Waals surface area contributed by atoms with Crippen LogP contribution in [0.3, 0.4) is 0 Å². The second kappa shape index (κ2) is 11.5. The van der Waals surface area contributed by atoms with E-state index in [4.69, 9.17) is 14.5 Å². The van der Waals surface area contributed by atoms with E-state index in [9.17, 15) is 0 Å². The molecule has 7 heteroatoms. The maximum atomic E-state index is 6.01. The highest BCUT2D eigenvalue weighted by molar-refractivity contribution is 14.0. The van der Waals surface area contributed by atoms with Crippen LogP contribution in [0.5, 0.6) is 5.75 Å². The highest BCUT2D eigenvalue weighted by Gasteiger charge is 2.11. The number of hydrogen-bond acceptors (Lipinski definition) is 4. The second-order valence-corrected chi connectivity index (χ2v) is 6.32. The van der Waals surface area contributed by atoms with E-state index >= 15 is 0 Å². The number of para-hydroxylation sites is 1. The zero-order valence-corrected chi connectivity index (χ0v) is 18.1. The van der Waals surface area contributed by atoms with Gasteiger partial charge in [-0.3, -0.25) is 4.90 Å². The monoisotopic (exact) mass is 462 g/mol. The van der Waals surface area contributed by atoms with Crippen molar-refractivity contribution in [3.63, 3.8) is 0 Å². The number of guanidine groups is 1. The summed E-state index contributed by atoms with van der Waals surface area (Å²) in [7, 11) is 8.01. The van der Waals surface area contributed by atoms with Crippen molar-refractivity contribution >= 4 is 29.9 Å². The van der Waals surface area contributed by atoms with Gasteiger partial charge in [-0.15, -0.1) is 24.0 Å². The van der Waals surface area contributed by atoms with Crippen LogP contribution in [-0.4, -0.2) is 88.3 Å². The molecule has 0 saturated carbocycles. The Morgan fingerprint density at radius 1 is 1.12 bits per heavy atom. The molecule has 0 unspecified atom stereocenters. The number of hydrogen-bond donors (Lipinski definition) is 0. The number of halogens is 1. The summed E-state index contributed by atoms with van der Waals surface area (Å²) in [5.41, 5.74) is 1.11. The summed E-state index contributed by atoms with van der Waals surface area (Å²) < 4.78 is 11.4. The largest absolute Gasteiger partial charge is 0.492 e. The molecule has 1 heterocycles. The molecule has 1 aromatic rings. The normalized spacial score (nSPS) is 14.4. The summed E-state index contributed by atoms with van der Waals surface area (Å²) in [5.74, 6) is 1.87. The smallest absolute Gasteiger partial charge is 0.195 e. The Hall–Kier alpha value is -1.06. The highest BCUT2D eigenvalue weighted by atomic mass is 127. The summed E-state index contributed by atoms with van der Waals surface area (Å²) in [6, 6.07) is 8.15. The molecule has 0 amide bonds. The van der Waals surface area contributed by atoms with Gasteiger partial charge in [-0.05, 0) is 6.07 Å². The number of nitrogens with zero attached hydrogens (tertiary/aromatic N) is 4. The predicted molar refractivity (Wildman–Crippen MR) is 113 cm³/mol. The van der Waals surface area contributed by atoms with Crippen molar-refractivity contribution in [1.82, 2.24) is 14.7 Å². The number of aliphatic imine (C=N–C) groups is 1. The van der Waals surface area contributed by atoms with Crippen LogP contribution in [0.4, 0.5) is 0 Å². The molecule has 0 aromatic heterocycles. The molecule has 1 aliphatic heterocycles. The molecule has 0 radical (unpaired) electrons. The summed E-state index contributed by atoms with van der Waals surface area (Å²) >= 11 is 0. The molecule has 0 aliphatic carbocycles. The summed E-state index contributed by atoms with van der Waals surface area (Å²) in [6.45, 7) is 5.86. The number of benzene rings is 1. The zero-order chi connectivity index (χ0) is 17.4. The fraction of sp³-hybridized carbons (Fsp3) is 0.611. The number of ether oxygens (including phenoxy) is 2. The first-order chi connectivity index (χ1) is 11.6. The lowest BCUT2D eigenvalue weighted by molar-refractivity contribution is 0.0322. The van der Waals surface area contributed by atoms with Crippen LogP contribution in [0.1, 0.15) is 5.56 Å². The summed E-state index contributed by atoms with van der Waals surface area (Å²) in [4.78, 5) is 11.1. The minimum absolute atomic E-state index is 0. The molecule has 142 valence electrons. The molecule has 2 rings (SSSR count). The Bertz CT molecular complexity index is 522. The van der Waals surface area contributed by atoms with Crippen molar-refractivity contribution in [2.24, 2.45) is 4.99 Å². The molecule has 6 nitrogen and oxygen atoms in total. The minimum atomic E-state index is 0. The van der Waals surface area contributed by atoms with Crippen molar-refractivity contribution in [2.45, 2.75) is 6.54 Å². The molecule has 1 saturated heterocycles. The first kappa shape index (κ1) is 22.0. The van der Waals surface area contributed by atoms with Crippen molar-refractivity contribution < 1.29 is 9.47 Å². The third kappa shape index (κ3) is 7.37. The average Bonchev–Trinajstić information content (AvgIpc) is 2.56. The SMILES string of the molecule is CN(C)C(=NCc1ccccc1OCCN1CCOCC1)N(C)C.I. The van der Waals surface area contributed by atoms with Gasteiger partial charge in [0.05, 0.1) is 19.8 Å². The van der Waals surface area contributed by atoms with Crippen LogP contribution in [0.2, 0.25) is 0 Å². The fourth-order valence-electron chi connectivity index (χ4n) is 2.72. The molecule has 1 fully saturated rings. The van der Waals surface area contributed by atoms with Crippen LogP contribution < -0.4 is 4.74 Å². The lowest BCUT2D eigenvalue weighted by atomic mass is 10.2. The molecule has 0 spiro atoms. The van der Waals surface area contributed by atoms with E-state index in [-0.39, 0.29) is 24.0 Å². The van der Waals surface area contributed by atoms with Gasteiger partial charge in [0.1, 0.15) is 12.4 Å². The molecule has 1 aromatic carbocycles. The van der Waals surface area contributed by atoms with E-state index in [1.54, 1.807) is 0 Å². The lowest BCUT2D eigenvalue weighted by Crippen LogP contribution is -2.38. The standard InChI is InChI=1S/C18H30N4O2.HI/c1-20(2)18(21(3)4)19-15-16-7-5-6-8-17(16)24-14-11-22-9-12-23-13-10-22;/h5-8H,9-15H2,1-4H3;1H. The van der Waals surface area contributed by atoms with Gasteiger partial charge in [0.25, 0.3) is 0 Å². The fourth-order valence-corrected chi connectivity index (χ4v) is 2.72. The van der Waals surface area contributed by atoms with Gasteiger partial charge < -0.3 is 19.3 Å². The van der Waals surface area contributed by atoms with Crippen molar-refractivity contribution in [3.05, 3.63) is 29.8 Å². The number of rotatable bonds is 6. The number of morpholine rings is 1. The quantitative estimate of drug-likeness (QED) is 0.368. The molecule has 0 N–H and O–H groups in total. The molecule has 0 bridgehead atoms. The third-order valence-electron chi connectivity index (χ3n) is 3.93. The van der Waals surface area contributed by atoms with E-state index in [0.717, 1.165) is 50.1 Å². The van der Waals surface area contributed by atoms with Gasteiger partial charge in [-0.1, -0.05) is 18.2 Å². The molecular weight excluding hydrogens is 431 g/mol. The molecular formula is C18H31IN4O2. The predicted octanol–water partition coefficient (Wildman–Crippen LogP) is 1.99. The topological polar surface area (TPSA) is 40.5 Å². The first-order valence-electron chi connectivity index (χ1n) is 8.48. The van der Waals surface area contributed by atoms with Crippen LogP contribution in [-0.2, 0) is 11.3 Å². The molecule has 1 aliphatic rings. The van der Waals surface area contributed by atoms with E-state index in [0.29, 0.717) is 13.2 Å². The van der Waals surface area contributed by atoms with E-state index < -0.39 is 0 Å². The second-order valence-electron chi connectivity index (χ2n) is 6.32. The van der Waals surface area contributed by atoms with Crippen molar-refractivity contribution in [3.8, 4) is 5.75 Å². The Kier molecular flexibility index (Phi) is 10.1. The van der Waals surface area contributed by atoms with Crippen LogP contribution in [0.25, 0.3) is 0 Å². The maximum absolute atomic E-state index is 6.01. The lowest BCUT2D eigenvalue weighted by Gasteiger charge is -2.26. The summed E-state index contributed by atoms with van der Waals surface area (Å²) in [6.07, 6.45) is 0. The van der Waals surface area contributed by atoms with Crippen LogP contribution in [0, 0.1) is 0 Å². The van der Waals surface area contributed by atoms with E-state index in [2.05, 4.69) is 11.0 Å². The highest BCUT2D eigenvalue weighted by Crippen LogP contribution is 2.19. The van der Waals surface area contributed by atoms with Crippen LogP contribution >= 0.6 is 24.0 Å². The van der Waals surface area contributed by atoms with Gasteiger partial charge in [-0.25, -0.2) is 4.99 Å². The summed E-state index contributed by atoms with van der Waals surface area (Å²) in [5, 5.41) is 0. The molecule has 0 atom stereocenters. The Labute approximate surface area is 168 Å². The Morgan fingerprint density at radius 2 is 1.76 bits per heavy atom. The first-order valence-corrected chi connectivity index (χ1v) is 8.48. The minimum Gasteiger partial charge on any atom is -0.492 e. The van der Waals surface area contributed by atoms with Gasteiger partial charge in [0.2, 0.25) is 0 Å². The Morgan fingerprint density at radius 3 is 2.40 bits per heavy atom. The van der Waals surface area contributed by atoms with Crippen molar-refractivity contribution in [2.75, 3.05) is 67.6 Å². The Balaban J connectivity index is 0.00000312. The van der Waals surface area contributed by atoms with Gasteiger partial charge in [0, 0.05) is 53.4 Å². The third-order valence-corrected chi connectivity index (χ3v) is 3.93. The van der Waals surface area contributed by atoms with Gasteiger partial charge in [0.15, 0.2) is 5.96 Å². The van der Waals surface area contributed by atoms with Crippen molar-refractivity contribution in [1.29, 1.82) is 0 Å². The van der Waals surface area contributed by atoms with E-state index in [1.165, 1.54) is 0 Å². The average molecular weight is 462 g/mol. The van der Waals surface area contributed by atoms with Gasteiger partial charge in [-0.2, -0.15) is 0 Å². The van der Waals surface area contributed by atoms with E-state index in [1.807, 2.05) is 56.2 Å². The van der Waals surface area contributed by atoms with Crippen LogP contribution in [0.15, 0.2) is 29.3 Å².